The smallest absolute Gasteiger partial charge is 0.228 e. The second-order valence-corrected chi connectivity index (χ2v) is 8.21. The van der Waals surface area contributed by atoms with Crippen LogP contribution >= 0.6 is 0 Å². The van der Waals surface area contributed by atoms with E-state index in [1.54, 1.807) is 24.3 Å². The van der Waals surface area contributed by atoms with Gasteiger partial charge in [0.05, 0.1) is 28.2 Å². The molecule has 1 heterocycles. The number of benzene rings is 3. The van der Waals surface area contributed by atoms with Gasteiger partial charge in [-0.2, -0.15) is 0 Å². The van der Waals surface area contributed by atoms with Gasteiger partial charge in [0.15, 0.2) is 0 Å². The second kappa shape index (κ2) is 9.07. The number of para-hydroxylation sites is 2. The maximum absolute atomic E-state index is 12.5. The zero-order valence-corrected chi connectivity index (χ0v) is 17.8. The SMILES string of the molecule is Cc1cnc2ccccc2c1Nc1ccc(CC(=O)Nc2ccccc2S(N)=O)cc1. The topological polar surface area (TPSA) is 97.1 Å². The normalized spacial score (nSPS) is 11.8. The Morgan fingerprint density at radius 1 is 1.00 bits per heavy atom. The molecular weight excluding hydrogens is 408 g/mol. The van der Waals surface area contributed by atoms with Gasteiger partial charge in [-0.1, -0.05) is 42.5 Å². The fraction of sp³-hybridized carbons (Fsp3) is 0.0833. The zero-order chi connectivity index (χ0) is 21.8. The van der Waals surface area contributed by atoms with Crippen molar-refractivity contribution in [2.24, 2.45) is 5.14 Å². The van der Waals surface area contributed by atoms with Crippen LogP contribution in [0.15, 0.2) is 83.9 Å². The fourth-order valence-corrected chi connectivity index (χ4v) is 3.93. The molecular formula is C24H22N4O2S. The van der Waals surface area contributed by atoms with Crippen molar-refractivity contribution in [2.45, 2.75) is 18.2 Å². The first-order valence-corrected chi connectivity index (χ1v) is 11.0. The highest BCUT2D eigenvalue weighted by Crippen LogP contribution is 2.28. The predicted octanol–water partition coefficient (Wildman–Crippen LogP) is 4.45. The van der Waals surface area contributed by atoms with Crippen molar-refractivity contribution in [3.8, 4) is 0 Å². The lowest BCUT2D eigenvalue weighted by Gasteiger charge is -2.13. The number of aromatic nitrogens is 1. The van der Waals surface area contributed by atoms with E-state index in [0.717, 1.165) is 33.4 Å². The first kappa shape index (κ1) is 20.7. The molecule has 0 fully saturated rings. The van der Waals surface area contributed by atoms with Crippen LogP contribution in [0, 0.1) is 6.92 Å². The summed E-state index contributed by atoms with van der Waals surface area (Å²) in [6.07, 6.45) is 2.05. The molecule has 0 aliphatic carbocycles. The summed E-state index contributed by atoms with van der Waals surface area (Å²) in [6.45, 7) is 2.02. The van der Waals surface area contributed by atoms with E-state index in [9.17, 15) is 9.00 Å². The molecule has 4 aromatic rings. The quantitative estimate of drug-likeness (QED) is 0.421. The largest absolute Gasteiger partial charge is 0.355 e. The van der Waals surface area contributed by atoms with Gasteiger partial charge in [-0.25, -0.2) is 9.35 Å². The van der Waals surface area contributed by atoms with E-state index in [1.807, 2.05) is 61.7 Å². The number of nitrogens with zero attached hydrogens (tertiary/aromatic N) is 1. The van der Waals surface area contributed by atoms with E-state index >= 15 is 0 Å². The number of pyridine rings is 1. The lowest BCUT2D eigenvalue weighted by Crippen LogP contribution is -2.17. The number of nitrogens with two attached hydrogens (primary N) is 1. The van der Waals surface area contributed by atoms with Gasteiger partial charge >= 0.3 is 0 Å². The van der Waals surface area contributed by atoms with E-state index in [4.69, 9.17) is 5.14 Å². The minimum Gasteiger partial charge on any atom is -0.355 e. The Morgan fingerprint density at radius 3 is 2.48 bits per heavy atom. The van der Waals surface area contributed by atoms with Crippen molar-refractivity contribution in [2.75, 3.05) is 10.6 Å². The molecule has 4 N–H and O–H groups in total. The van der Waals surface area contributed by atoms with Crippen LogP contribution in [-0.2, 0) is 22.2 Å². The number of nitrogens with one attached hydrogen (secondary N) is 2. The number of rotatable bonds is 6. The third-order valence-electron chi connectivity index (χ3n) is 4.93. The highest BCUT2D eigenvalue weighted by Gasteiger charge is 2.11. The number of carbonyl (C=O) groups is 1. The van der Waals surface area contributed by atoms with Crippen molar-refractivity contribution in [3.63, 3.8) is 0 Å². The average Bonchev–Trinajstić information content (AvgIpc) is 2.77. The average molecular weight is 431 g/mol. The molecule has 1 amide bonds. The predicted molar refractivity (Wildman–Crippen MR) is 126 cm³/mol. The molecule has 6 nitrogen and oxygen atoms in total. The van der Waals surface area contributed by atoms with Crippen LogP contribution < -0.4 is 15.8 Å². The van der Waals surface area contributed by atoms with Crippen LogP contribution in [-0.4, -0.2) is 15.1 Å². The summed E-state index contributed by atoms with van der Waals surface area (Å²) in [5, 5.41) is 12.8. The third kappa shape index (κ3) is 4.79. The number of amides is 1. The first-order chi connectivity index (χ1) is 15.0. The molecule has 0 aliphatic heterocycles. The molecule has 1 unspecified atom stereocenters. The van der Waals surface area contributed by atoms with Gasteiger partial charge < -0.3 is 10.6 Å². The van der Waals surface area contributed by atoms with Crippen molar-refractivity contribution >= 4 is 44.9 Å². The van der Waals surface area contributed by atoms with Crippen LogP contribution in [0.4, 0.5) is 17.1 Å². The minimum absolute atomic E-state index is 0.197. The van der Waals surface area contributed by atoms with Crippen LogP contribution in [0.1, 0.15) is 11.1 Å². The number of hydrogen-bond acceptors (Lipinski definition) is 4. The fourth-order valence-electron chi connectivity index (χ4n) is 3.38. The van der Waals surface area contributed by atoms with Gasteiger partial charge in [-0.3, -0.25) is 9.78 Å². The van der Waals surface area contributed by atoms with E-state index in [2.05, 4.69) is 15.6 Å². The van der Waals surface area contributed by atoms with Gasteiger partial charge in [0.1, 0.15) is 11.0 Å². The van der Waals surface area contributed by atoms with Gasteiger partial charge in [0.25, 0.3) is 0 Å². The van der Waals surface area contributed by atoms with Gasteiger partial charge in [0.2, 0.25) is 5.91 Å². The summed E-state index contributed by atoms with van der Waals surface area (Å²) < 4.78 is 11.6. The number of aryl methyl sites for hydroxylation is 1. The van der Waals surface area contributed by atoms with Crippen LogP contribution in [0.3, 0.4) is 0 Å². The highest BCUT2D eigenvalue weighted by molar-refractivity contribution is 7.82. The van der Waals surface area contributed by atoms with Crippen molar-refractivity contribution in [1.29, 1.82) is 0 Å². The second-order valence-electron chi connectivity index (χ2n) is 7.17. The number of anilines is 3. The molecule has 3 aromatic carbocycles. The van der Waals surface area contributed by atoms with Crippen molar-refractivity contribution < 1.29 is 9.00 Å². The molecule has 156 valence electrons. The summed E-state index contributed by atoms with van der Waals surface area (Å²) in [7, 11) is -1.67. The molecule has 0 bridgehead atoms. The van der Waals surface area contributed by atoms with Gasteiger partial charge in [0, 0.05) is 17.3 Å². The summed E-state index contributed by atoms with van der Waals surface area (Å²) in [6, 6.07) is 22.5. The number of carbonyl (C=O) groups excluding carboxylic acids is 1. The molecule has 1 atom stereocenters. The lowest BCUT2D eigenvalue weighted by atomic mass is 10.1. The summed E-state index contributed by atoms with van der Waals surface area (Å²) in [5.74, 6) is -0.199. The molecule has 0 saturated carbocycles. The standard InChI is InChI=1S/C24H22N4O2S/c1-16-15-26-20-7-3-2-6-19(20)24(16)27-18-12-10-17(11-13-18)14-23(29)28-21-8-4-5-9-22(21)31(25)30/h2-13,15H,14,25H2,1H3,(H,26,27)(H,28,29). The van der Waals surface area contributed by atoms with Crippen molar-refractivity contribution in [3.05, 3.63) is 90.1 Å². The minimum atomic E-state index is -1.67. The maximum Gasteiger partial charge on any atom is 0.228 e. The Balaban J connectivity index is 1.47. The van der Waals surface area contributed by atoms with Crippen LogP contribution in [0.2, 0.25) is 0 Å². The van der Waals surface area contributed by atoms with Crippen LogP contribution in [0.5, 0.6) is 0 Å². The van der Waals surface area contributed by atoms with E-state index in [0.29, 0.717) is 10.6 Å². The molecule has 4 rings (SSSR count). The zero-order valence-electron chi connectivity index (χ0n) is 17.0. The van der Waals surface area contributed by atoms with E-state index in [1.165, 1.54) is 0 Å². The number of fused-ring (bicyclic) bond motifs is 1. The molecule has 31 heavy (non-hydrogen) atoms. The van der Waals surface area contributed by atoms with E-state index in [-0.39, 0.29) is 12.3 Å². The Bertz CT molecular complexity index is 1270. The third-order valence-corrected chi connectivity index (χ3v) is 5.72. The molecule has 0 aliphatic rings. The van der Waals surface area contributed by atoms with Gasteiger partial charge in [-0.05, 0) is 48.4 Å². The Hall–Kier alpha value is -3.55. The Kier molecular flexibility index (Phi) is 6.06. The summed E-state index contributed by atoms with van der Waals surface area (Å²) in [5.41, 5.74) is 5.26. The highest BCUT2D eigenvalue weighted by atomic mass is 32.2. The molecule has 1 aromatic heterocycles. The Labute approximate surface area is 183 Å². The summed E-state index contributed by atoms with van der Waals surface area (Å²) >= 11 is 0. The Morgan fingerprint density at radius 2 is 1.71 bits per heavy atom. The first-order valence-electron chi connectivity index (χ1n) is 9.76. The molecule has 0 saturated heterocycles. The monoisotopic (exact) mass is 430 g/mol. The van der Waals surface area contributed by atoms with Crippen molar-refractivity contribution in [1.82, 2.24) is 4.98 Å². The molecule has 0 spiro atoms. The lowest BCUT2D eigenvalue weighted by molar-refractivity contribution is -0.115. The van der Waals surface area contributed by atoms with Crippen LogP contribution in [0.25, 0.3) is 10.9 Å². The molecule has 7 heteroatoms. The van der Waals surface area contributed by atoms with E-state index < -0.39 is 11.0 Å². The van der Waals surface area contributed by atoms with Gasteiger partial charge in [-0.15, -0.1) is 0 Å². The summed E-state index contributed by atoms with van der Waals surface area (Å²) in [4.78, 5) is 17.3. The maximum atomic E-state index is 12.5. The number of hydrogen-bond donors (Lipinski definition) is 3. The molecule has 0 radical (unpaired) electrons.